The molecule has 5 nitrogen and oxygen atoms in total. The molecule has 1 saturated heterocycles. The first-order valence-electron chi connectivity index (χ1n) is 7.96. The molecule has 1 aromatic carbocycles. The van der Waals surface area contributed by atoms with Gasteiger partial charge in [-0.3, -0.25) is 5.10 Å². The number of nitrogens with one attached hydrogen (secondary N) is 2. The minimum Gasteiger partial charge on any atom is -0.400 e. The standard InChI is InChI=1S/C17H24BN3O2/c1-16(2)17(3,4)23-18(22-16)14(11-19-5)8-12-6-7-13-10-20-21-15(13)9-12/h6-10,19H,11H2,1-5H3,(H,20,21). The van der Waals surface area contributed by atoms with Crippen LogP contribution in [0.25, 0.3) is 17.0 Å². The lowest BCUT2D eigenvalue weighted by Crippen LogP contribution is -2.41. The van der Waals surface area contributed by atoms with Crippen LogP contribution >= 0.6 is 0 Å². The Labute approximate surface area is 137 Å². The molecule has 1 aromatic heterocycles. The Balaban J connectivity index is 1.92. The third kappa shape index (κ3) is 3.07. The molecule has 0 amide bonds. The smallest absolute Gasteiger partial charge is 0.400 e. The number of aromatic nitrogens is 2. The topological polar surface area (TPSA) is 59.2 Å². The number of hydrogen-bond acceptors (Lipinski definition) is 4. The van der Waals surface area contributed by atoms with Gasteiger partial charge in [0.1, 0.15) is 0 Å². The fourth-order valence-electron chi connectivity index (χ4n) is 2.66. The van der Waals surface area contributed by atoms with Crippen molar-refractivity contribution >= 4 is 24.1 Å². The quantitative estimate of drug-likeness (QED) is 0.852. The van der Waals surface area contributed by atoms with E-state index >= 15 is 0 Å². The molecule has 6 heteroatoms. The van der Waals surface area contributed by atoms with Crippen LogP contribution < -0.4 is 5.32 Å². The van der Waals surface area contributed by atoms with Crippen molar-refractivity contribution in [3.63, 3.8) is 0 Å². The van der Waals surface area contributed by atoms with Crippen LogP contribution in [0.4, 0.5) is 0 Å². The molecular formula is C17H24BN3O2. The zero-order chi connectivity index (χ0) is 16.7. The fraction of sp³-hybridized carbons (Fsp3) is 0.471. The van der Waals surface area contributed by atoms with Crippen molar-refractivity contribution in [2.24, 2.45) is 0 Å². The molecule has 0 radical (unpaired) electrons. The summed E-state index contributed by atoms with van der Waals surface area (Å²) in [6, 6.07) is 6.23. The lowest BCUT2D eigenvalue weighted by Gasteiger charge is -2.32. The van der Waals surface area contributed by atoms with E-state index in [1.807, 2.05) is 13.2 Å². The summed E-state index contributed by atoms with van der Waals surface area (Å²) in [6.07, 6.45) is 3.95. The normalized spacial score (nSPS) is 20.4. The Morgan fingerprint density at radius 1 is 1.26 bits per heavy atom. The second kappa shape index (κ2) is 5.78. The summed E-state index contributed by atoms with van der Waals surface area (Å²) in [7, 11) is 1.59. The number of rotatable bonds is 4. The predicted octanol–water partition coefficient (Wildman–Crippen LogP) is 2.80. The van der Waals surface area contributed by atoms with Crippen LogP contribution in [0.5, 0.6) is 0 Å². The largest absolute Gasteiger partial charge is 0.491 e. The van der Waals surface area contributed by atoms with Gasteiger partial charge in [0.15, 0.2) is 0 Å². The molecule has 0 saturated carbocycles. The van der Waals surface area contributed by atoms with Gasteiger partial charge < -0.3 is 14.6 Å². The van der Waals surface area contributed by atoms with Gasteiger partial charge in [-0.05, 0) is 51.8 Å². The van der Waals surface area contributed by atoms with E-state index < -0.39 is 0 Å². The zero-order valence-corrected chi connectivity index (χ0v) is 14.4. The average Bonchev–Trinajstić information content (AvgIpc) is 3.00. The number of benzene rings is 1. The van der Waals surface area contributed by atoms with Crippen LogP contribution in [0.15, 0.2) is 29.9 Å². The van der Waals surface area contributed by atoms with E-state index in [1.165, 1.54) is 0 Å². The molecule has 0 bridgehead atoms. The SMILES string of the molecule is CNCC(=Cc1ccc2cn[nH]c2c1)B1OC(C)(C)C(C)(C)O1. The predicted molar refractivity (Wildman–Crippen MR) is 94.1 cm³/mol. The number of hydrogen-bond donors (Lipinski definition) is 2. The van der Waals surface area contributed by atoms with E-state index in [2.05, 4.69) is 67.5 Å². The molecule has 0 spiro atoms. The van der Waals surface area contributed by atoms with Crippen molar-refractivity contribution in [1.29, 1.82) is 0 Å². The summed E-state index contributed by atoms with van der Waals surface area (Å²) in [4.78, 5) is 0. The van der Waals surface area contributed by atoms with Crippen molar-refractivity contribution in [1.82, 2.24) is 15.5 Å². The van der Waals surface area contributed by atoms with Gasteiger partial charge in [-0.25, -0.2) is 0 Å². The lowest BCUT2D eigenvalue weighted by atomic mass is 9.77. The van der Waals surface area contributed by atoms with Crippen LogP contribution in [0.1, 0.15) is 33.3 Å². The molecule has 3 rings (SSSR count). The van der Waals surface area contributed by atoms with Gasteiger partial charge in [-0.1, -0.05) is 18.2 Å². The maximum absolute atomic E-state index is 6.17. The van der Waals surface area contributed by atoms with E-state index in [9.17, 15) is 0 Å². The molecule has 2 heterocycles. The molecular weight excluding hydrogens is 289 g/mol. The first-order valence-corrected chi connectivity index (χ1v) is 7.96. The minimum absolute atomic E-state index is 0.335. The van der Waals surface area contributed by atoms with Gasteiger partial charge in [0, 0.05) is 11.9 Å². The average molecular weight is 313 g/mol. The van der Waals surface area contributed by atoms with Gasteiger partial charge in [0.25, 0.3) is 0 Å². The van der Waals surface area contributed by atoms with Crippen LogP contribution in [0, 0.1) is 0 Å². The summed E-state index contributed by atoms with van der Waals surface area (Å²) in [5, 5.41) is 11.4. The van der Waals surface area contributed by atoms with Gasteiger partial charge in [0.05, 0.1) is 22.9 Å². The molecule has 1 aliphatic rings. The second-order valence-corrected chi connectivity index (χ2v) is 7.05. The fourth-order valence-corrected chi connectivity index (χ4v) is 2.66. The van der Waals surface area contributed by atoms with Crippen molar-refractivity contribution < 1.29 is 9.31 Å². The first-order chi connectivity index (χ1) is 10.8. The molecule has 1 fully saturated rings. The van der Waals surface area contributed by atoms with Gasteiger partial charge in [-0.15, -0.1) is 0 Å². The molecule has 1 aliphatic heterocycles. The van der Waals surface area contributed by atoms with E-state index in [0.29, 0.717) is 6.54 Å². The number of nitrogens with zero attached hydrogens (tertiary/aromatic N) is 1. The molecule has 23 heavy (non-hydrogen) atoms. The van der Waals surface area contributed by atoms with Crippen LogP contribution in [-0.4, -0.2) is 42.1 Å². The first kappa shape index (κ1) is 16.2. The number of likely N-dealkylation sites (N-methyl/N-ethyl adjacent to an activating group) is 1. The molecule has 2 aromatic rings. The third-order valence-electron chi connectivity index (χ3n) is 4.75. The summed E-state index contributed by atoms with van der Waals surface area (Å²) < 4.78 is 12.3. The summed E-state index contributed by atoms with van der Waals surface area (Å²) >= 11 is 0. The highest BCUT2D eigenvalue weighted by atomic mass is 16.7. The Hall–Kier alpha value is -1.63. The van der Waals surface area contributed by atoms with Gasteiger partial charge >= 0.3 is 7.12 Å². The Morgan fingerprint density at radius 2 is 1.96 bits per heavy atom. The molecule has 122 valence electrons. The number of H-pyrrole nitrogens is 1. The van der Waals surface area contributed by atoms with E-state index in [0.717, 1.165) is 21.9 Å². The van der Waals surface area contributed by atoms with Gasteiger partial charge in [-0.2, -0.15) is 5.10 Å². The number of fused-ring (bicyclic) bond motifs is 1. The molecule has 0 unspecified atom stereocenters. The van der Waals surface area contributed by atoms with E-state index in [-0.39, 0.29) is 18.3 Å². The zero-order valence-electron chi connectivity index (χ0n) is 14.4. The van der Waals surface area contributed by atoms with Crippen LogP contribution in [0.2, 0.25) is 0 Å². The molecule has 0 atom stereocenters. The van der Waals surface area contributed by atoms with E-state index in [1.54, 1.807) is 0 Å². The highest BCUT2D eigenvalue weighted by molar-refractivity contribution is 6.55. The van der Waals surface area contributed by atoms with Crippen molar-refractivity contribution in [3.8, 4) is 0 Å². The Kier molecular flexibility index (Phi) is 4.08. The minimum atomic E-state index is -0.343. The Morgan fingerprint density at radius 3 is 2.61 bits per heavy atom. The van der Waals surface area contributed by atoms with Crippen molar-refractivity contribution in [2.45, 2.75) is 38.9 Å². The van der Waals surface area contributed by atoms with E-state index in [4.69, 9.17) is 9.31 Å². The highest BCUT2D eigenvalue weighted by Crippen LogP contribution is 2.38. The summed E-state index contributed by atoms with van der Waals surface area (Å²) in [5.74, 6) is 0. The van der Waals surface area contributed by atoms with Crippen molar-refractivity contribution in [3.05, 3.63) is 35.4 Å². The van der Waals surface area contributed by atoms with Crippen molar-refractivity contribution in [2.75, 3.05) is 13.6 Å². The molecule has 0 aliphatic carbocycles. The van der Waals surface area contributed by atoms with Crippen LogP contribution in [0.3, 0.4) is 0 Å². The third-order valence-corrected chi connectivity index (χ3v) is 4.75. The Bertz CT molecular complexity index is 720. The molecule has 2 N–H and O–H groups in total. The maximum Gasteiger partial charge on any atom is 0.491 e. The highest BCUT2D eigenvalue weighted by Gasteiger charge is 2.52. The second-order valence-electron chi connectivity index (χ2n) is 7.05. The van der Waals surface area contributed by atoms with Crippen LogP contribution in [-0.2, 0) is 9.31 Å². The monoisotopic (exact) mass is 313 g/mol. The summed E-state index contributed by atoms with van der Waals surface area (Å²) in [5.41, 5.74) is 2.53. The lowest BCUT2D eigenvalue weighted by molar-refractivity contribution is 0.00578. The van der Waals surface area contributed by atoms with Gasteiger partial charge in [0.2, 0.25) is 0 Å². The summed E-state index contributed by atoms with van der Waals surface area (Å²) in [6.45, 7) is 8.99. The maximum atomic E-state index is 6.17. The number of aromatic amines is 1.